The van der Waals surface area contributed by atoms with Crippen LogP contribution in [0.15, 0.2) is 42.6 Å². The number of benzene rings is 1. The van der Waals surface area contributed by atoms with E-state index in [1.165, 1.54) is 19.3 Å². The number of ether oxygens (including phenoxy) is 1. The van der Waals surface area contributed by atoms with Gasteiger partial charge in [-0.1, -0.05) is 12.5 Å². The van der Waals surface area contributed by atoms with Crippen LogP contribution in [0.1, 0.15) is 25.7 Å². The van der Waals surface area contributed by atoms with Crippen molar-refractivity contribution in [1.29, 1.82) is 0 Å². The number of methoxy groups -OCH3 is 1. The molecule has 0 radical (unpaired) electrons. The number of rotatable bonds is 6. The van der Waals surface area contributed by atoms with Crippen LogP contribution < -0.4 is 15.0 Å². The summed E-state index contributed by atoms with van der Waals surface area (Å²) in [5, 5.41) is 31.0. The zero-order valence-electron chi connectivity index (χ0n) is 17.5. The van der Waals surface area contributed by atoms with Gasteiger partial charge in [0.1, 0.15) is 5.75 Å². The number of aromatic hydroxyl groups is 1. The zero-order chi connectivity index (χ0) is 21.2. The molecule has 31 heavy (non-hydrogen) atoms. The summed E-state index contributed by atoms with van der Waals surface area (Å²) >= 11 is 0. The van der Waals surface area contributed by atoms with E-state index in [-0.39, 0.29) is 5.75 Å². The lowest BCUT2D eigenvalue weighted by molar-refractivity contribution is 0.311. The van der Waals surface area contributed by atoms with Gasteiger partial charge in [0.25, 0.3) is 0 Å². The smallest absolute Gasteiger partial charge is 0.233 e. The fourth-order valence-corrected chi connectivity index (χ4v) is 4.18. The van der Waals surface area contributed by atoms with Crippen molar-refractivity contribution in [3.05, 3.63) is 42.6 Å². The zero-order valence-corrected chi connectivity index (χ0v) is 17.5. The van der Waals surface area contributed by atoms with E-state index < -0.39 is 0 Å². The first-order valence-electron chi connectivity index (χ1n) is 10.7. The molecule has 5 rings (SSSR count). The molecule has 1 aromatic carbocycles. The van der Waals surface area contributed by atoms with Gasteiger partial charge in [-0.15, -0.1) is 15.3 Å². The number of nitrogens with zero attached hydrogens (tertiary/aromatic N) is 5. The van der Waals surface area contributed by atoms with Gasteiger partial charge < -0.3 is 20.1 Å². The summed E-state index contributed by atoms with van der Waals surface area (Å²) in [6.45, 7) is 1.95. The lowest BCUT2D eigenvalue weighted by Gasteiger charge is -2.29. The average Bonchev–Trinajstić information content (AvgIpc) is 3.25. The normalized spacial score (nSPS) is 18.7. The Balaban J connectivity index is 1.29. The van der Waals surface area contributed by atoms with E-state index in [9.17, 15) is 5.11 Å². The first-order chi connectivity index (χ1) is 15.2. The van der Waals surface area contributed by atoms with Crippen molar-refractivity contribution in [2.75, 3.05) is 25.1 Å². The Bertz CT molecular complexity index is 1050. The van der Waals surface area contributed by atoms with Gasteiger partial charge in [-0.3, -0.25) is 0 Å². The number of nitrogens with one attached hydrogen (secondary N) is 1. The van der Waals surface area contributed by atoms with Crippen molar-refractivity contribution in [2.45, 2.75) is 37.8 Å². The van der Waals surface area contributed by atoms with Crippen molar-refractivity contribution in [3.8, 4) is 34.0 Å². The Kier molecular flexibility index (Phi) is 5.38. The lowest BCUT2D eigenvalue weighted by atomic mass is 9.92. The first-order valence-corrected chi connectivity index (χ1v) is 10.7. The van der Waals surface area contributed by atoms with Crippen LogP contribution in [0.3, 0.4) is 0 Å². The van der Waals surface area contributed by atoms with Crippen LogP contribution in [0.2, 0.25) is 0 Å². The third kappa shape index (κ3) is 4.16. The summed E-state index contributed by atoms with van der Waals surface area (Å²) in [5.74, 6) is 1.45. The quantitative estimate of drug-likeness (QED) is 0.631. The SMILES string of the molecule is COc1cc(-c2ccc(-c3ccc(N4CC[C@@H](NC5CCC5)C4)nn3)c(O)c2)cnn1. The Morgan fingerprint density at radius 3 is 2.61 bits per heavy atom. The van der Waals surface area contributed by atoms with Crippen LogP contribution >= 0.6 is 0 Å². The summed E-state index contributed by atoms with van der Waals surface area (Å²) in [6, 6.07) is 12.4. The summed E-state index contributed by atoms with van der Waals surface area (Å²) in [5.41, 5.74) is 2.92. The van der Waals surface area contributed by atoms with Gasteiger partial charge in [0.15, 0.2) is 5.82 Å². The van der Waals surface area contributed by atoms with E-state index >= 15 is 0 Å². The molecule has 8 heteroatoms. The van der Waals surface area contributed by atoms with Gasteiger partial charge in [0.2, 0.25) is 5.88 Å². The summed E-state index contributed by atoms with van der Waals surface area (Å²) in [4.78, 5) is 2.28. The molecule has 0 unspecified atom stereocenters. The maximum atomic E-state index is 10.6. The number of hydrogen-bond acceptors (Lipinski definition) is 8. The molecule has 0 bridgehead atoms. The number of phenols is 1. The van der Waals surface area contributed by atoms with Crippen molar-refractivity contribution >= 4 is 5.82 Å². The van der Waals surface area contributed by atoms with E-state index in [1.807, 2.05) is 24.3 Å². The molecule has 160 valence electrons. The third-order valence-corrected chi connectivity index (χ3v) is 6.19. The molecule has 1 saturated heterocycles. The molecule has 1 saturated carbocycles. The van der Waals surface area contributed by atoms with Crippen LogP contribution in [0, 0.1) is 0 Å². The van der Waals surface area contributed by atoms with E-state index in [4.69, 9.17) is 4.74 Å². The summed E-state index contributed by atoms with van der Waals surface area (Å²) in [6.07, 6.45) is 6.73. The molecule has 2 aromatic heterocycles. The molecule has 2 fully saturated rings. The van der Waals surface area contributed by atoms with Gasteiger partial charge in [-0.25, -0.2) is 0 Å². The largest absolute Gasteiger partial charge is 0.507 e. The molecule has 0 spiro atoms. The predicted octanol–water partition coefficient (Wildman–Crippen LogP) is 3.04. The molecule has 0 amide bonds. The molecule has 1 aliphatic heterocycles. The second-order valence-electron chi connectivity index (χ2n) is 8.22. The number of aromatic nitrogens is 4. The molecule has 2 aliphatic rings. The standard InChI is InChI=1S/C23H26N6O2/c1-31-23-12-16(13-24-28-23)15-5-6-19(21(30)11-15)20-7-8-22(27-26-20)29-10-9-18(14-29)25-17-3-2-4-17/h5-8,11-13,17-18,25,30H,2-4,9-10,14H2,1H3/t18-/m1/s1. The Labute approximate surface area is 181 Å². The minimum Gasteiger partial charge on any atom is -0.507 e. The van der Waals surface area contributed by atoms with Crippen LogP contribution in [0.4, 0.5) is 5.82 Å². The average molecular weight is 419 g/mol. The number of anilines is 1. The topological polar surface area (TPSA) is 96.3 Å². The van der Waals surface area contributed by atoms with Gasteiger partial charge in [-0.05, 0) is 49.1 Å². The van der Waals surface area contributed by atoms with Crippen molar-refractivity contribution in [3.63, 3.8) is 0 Å². The van der Waals surface area contributed by atoms with Crippen LogP contribution in [0.25, 0.3) is 22.4 Å². The monoisotopic (exact) mass is 418 g/mol. The molecule has 3 heterocycles. The minimum absolute atomic E-state index is 0.140. The van der Waals surface area contributed by atoms with Crippen LogP contribution in [0.5, 0.6) is 11.6 Å². The highest BCUT2D eigenvalue weighted by molar-refractivity contribution is 5.74. The highest BCUT2D eigenvalue weighted by atomic mass is 16.5. The molecule has 1 atom stereocenters. The minimum atomic E-state index is 0.140. The second-order valence-corrected chi connectivity index (χ2v) is 8.22. The Morgan fingerprint density at radius 1 is 1.00 bits per heavy atom. The van der Waals surface area contributed by atoms with Crippen molar-refractivity contribution < 1.29 is 9.84 Å². The highest BCUT2D eigenvalue weighted by Gasteiger charge is 2.27. The van der Waals surface area contributed by atoms with Crippen LogP contribution in [-0.2, 0) is 0 Å². The number of hydrogen-bond donors (Lipinski definition) is 2. The van der Waals surface area contributed by atoms with E-state index in [0.29, 0.717) is 29.2 Å². The molecule has 3 aromatic rings. The van der Waals surface area contributed by atoms with Crippen molar-refractivity contribution in [2.24, 2.45) is 0 Å². The summed E-state index contributed by atoms with van der Waals surface area (Å²) in [7, 11) is 1.55. The lowest BCUT2D eigenvalue weighted by Crippen LogP contribution is -2.43. The van der Waals surface area contributed by atoms with E-state index in [0.717, 1.165) is 36.5 Å². The first kappa shape index (κ1) is 19.7. The third-order valence-electron chi connectivity index (χ3n) is 6.19. The fourth-order valence-electron chi connectivity index (χ4n) is 4.18. The summed E-state index contributed by atoms with van der Waals surface area (Å²) < 4.78 is 5.12. The molecule has 2 N–H and O–H groups in total. The van der Waals surface area contributed by atoms with Gasteiger partial charge in [0.05, 0.1) is 19.0 Å². The number of phenolic OH excluding ortho intramolecular Hbond substituents is 1. The molecule has 1 aliphatic carbocycles. The van der Waals surface area contributed by atoms with Crippen LogP contribution in [-0.4, -0.2) is 57.8 Å². The highest BCUT2D eigenvalue weighted by Crippen LogP contribution is 2.33. The second kappa shape index (κ2) is 8.47. The van der Waals surface area contributed by atoms with Gasteiger partial charge in [-0.2, -0.15) is 5.10 Å². The van der Waals surface area contributed by atoms with E-state index in [2.05, 4.69) is 30.6 Å². The van der Waals surface area contributed by atoms with Crippen molar-refractivity contribution in [1.82, 2.24) is 25.7 Å². The molecular weight excluding hydrogens is 392 g/mol. The Morgan fingerprint density at radius 2 is 1.90 bits per heavy atom. The Hall–Kier alpha value is -3.26. The fraction of sp³-hybridized carbons (Fsp3) is 0.391. The molecule has 8 nitrogen and oxygen atoms in total. The maximum Gasteiger partial charge on any atom is 0.233 e. The maximum absolute atomic E-state index is 10.6. The predicted molar refractivity (Wildman–Crippen MR) is 118 cm³/mol. The van der Waals surface area contributed by atoms with Gasteiger partial charge >= 0.3 is 0 Å². The van der Waals surface area contributed by atoms with Gasteiger partial charge in [0, 0.05) is 42.4 Å². The molecular formula is C23H26N6O2. The van der Waals surface area contributed by atoms with E-state index in [1.54, 1.807) is 25.4 Å².